The molecule has 0 aliphatic rings. The standard InChI is InChI=1S/C19H15ClN4O4/c1-12-9-17(25)18(19(26)21-11-13-5-4-6-14(20)10-13)22-23(12)15-7-2-3-8-16(15)24(27)28/h2-10H,11H2,1H3,(H,21,26). The largest absolute Gasteiger partial charge is 0.346 e. The molecule has 1 heterocycles. The van der Waals surface area contributed by atoms with Crippen LogP contribution in [0.4, 0.5) is 5.69 Å². The Balaban J connectivity index is 1.95. The number of hydrogen-bond acceptors (Lipinski definition) is 5. The molecule has 2 aromatic carbocycles. The third-order valence-electron chi connectivity index (χ3n) is 3.97. The van der Waals surface area contributed by atoms with Crippen LogP contribution < -0.4 is 10.7 Å². The van der Waals surface area contributed by atoms with Gasteiger partial charge in [-0.05, 0) is 30.7 Å². The Kier molecular flexibility index (Phi) is 5.51. The smallest absolute Gasteiger partial charge is 0.294 e. The third-order valence-corrected chi connectivity index (χ3v) is 4.21. The summed E-state index contributed by atoms with van der Waals surface area (Å²) < 4.78 is 1.22. The van der Waals surface area contributed by atoms with Crippen LogP contribution in [0, 0.1) is 17.0 Å². The second kappa shape index (κ2) is 8.01. The Morgan fingerprint density at radius 3 is 2.68 bits per heavy atom. The number of amides is 1. The first-order chi connectivity index (χ1) is 13.4. The summed E-state index contributed by atoms with van der Waals surface area (Å²) in [5.74, 6) is -0.683. The first kappa shape index (κ1) is 19.2. The summed E-state index contributed by atoms with van der Waals surface area (Å²) >= 11 is 5.92. The summed E-state index contributed by atoms with van der Waals surface area (Å²) in [6.45, 7) is 1.73. The summed E-state index contributed by atoms with van der Waals surface area (Å²) in [4.78, 5) is 35.5. The lowest BCUT2D eigenvalue weighted by Crippen LogP contribution is -2.31. The fourth-order valence-corrected chi connectivity index (χ4v) is 2.87. The highest BCUT2D eigenvalue weighted by atomic mass is 35.5. The van der Waals surface area contributed by atoms with E-state index in [1.807, 2.05) is 0 Å². The number of nitrogens with one attached hydrogen (secondary N) is 1. The molecule has 8 nitrogen and oxygen atoms in total. The molecule has 142 valence electrons. The van der Waals surface area contributed by atoms with Gasteiger partial charge in [0.05, 0.1) is 4.92 Å². The minimum absolute atomic E-state index is 0.153. The van der Waals surface area contributed by atoms with Crippen LogP contribution in [0.15, 0.2) is 59.4 Å². The average Bonchev–Trinajstić information content (AvgIpc) is 2.66. The summed E-state index contributed by atoms with van der Waals surface area (Å²) in [5.41, 5.74) is 0.167. The predicted octanol–water partition coefficient (Wildman–Crippen LogP) is 3.03. The van der Waals surface area contributed by atoms with Gasteiger partial charge >= 0.3 is 0 Å². The molecule has 3 aromatic rings. The van der Waals surface area contributed by atoms with Crippen molar-refractivity contribution in [3.8, 4) is 5.69 Å². The van der Waals surface area contributed by atoms with Gasteiger partial charge in [-0.2, -0.15) is 5.10 Å². The molecular formula is C19H15ClN4O4. The van der Waals surface area contributed by atoms with Crippen LogP contribution in [-0.2, 0) is 6.54 Å². The summed E-state index contributed by atoms with van der Waals surface area (Å²) in [5, 5.41) is 18.5. The van der Waals surface area contributed by atoms with Crippen molar-refractivity contribution in [2.24, 2.45) is 0 Å². The molecule has 0 unspecified atom stereocenters. The van der Waals surface area contributed by atoms with Crippen LogP contribution in [-0.4, -0.2) is 20.6 Å². The van der Waals surface area contributed by atoms with Gasteiger partial charge in [-0.25, -0.2) is 4.68 Å². The number of nitro benzene ring substituents is 1. The summed E-state index contributed by atoms with van der Waals surface area (Å²) in [7, 11) is 0. The molecule has 0 saturated carbocycles. The van der Waals surface area contributed by atoms with E-state index in [0.29, 0.717) is 10.7 Å². The van der Waals surface area contributed by atoms with Gasteiger partial charge in [-0.1, -0.05) is 35.9 Å². The minimum atomic E-state index is -0.683. The quantitative estimate of drug-likeness (QED) is 0.525. The van der Waals surface area contributed by atoms with E-state index in [0.717, 1.165) is 5.56 Å². The van der Waals surface area contributed by atoms with Crippen molar-refractivity contribution in [2.45, 2.75) is 13.5 Å². The molecule has 0 bridgehead atoms. The monoisotopic (exact) mass is 398 g/mol. The Morgan fingerprint density at radius 1 is 1.21 bits per heavy atom. The highest BCUT2D eigenvalue weighted by molar-refractivity contribution is 6.30. The summed E-state index contributed by atoms with van der Waals surface area (Å²) in [6.07, 6.45) is 0. The van der Waals surface area contributed by atoms with Crippen molar-refractivity contribution in [1.82, 2.24) is 15.1 Å². The zero-order valence-corrected chi connectivity index (χ0v) is 15.5. The molecule has 0 radical (unpaired) electrons. The SMILES string of the molecule is Cc1cc(=O)c(C(=O)NCc2cccc(Cl)c2)nn1-c1ccccc1[N+](=O)[O-]. The van der Waals surface area contributed by atoms with Gasteiger partial charge in [-0.3, -0.25) is 19.7 Å². The van der Waals surface area contributed by atoms with E-state index in [-0.39, 0.29) is 23.6 Å². The van der Waals surface area contributed by atoms with Crippen LogP contribution in [0.1, 0.15) is 21.7 Å². The lowest BCUT2D eigenvalue weighted by Gasteiger charge is -2.11. The maximum atomic E-state index is 12.5. The van der Waals surface area contributed by atoms with E-state index in [1.165, 1.54) is 28.9 Å². The van der Waals surface area contributed by atoms with Crippen molar-refractivity contribution in [1.29, 1.82) is 0 Å². The van der Waals surface area contributed by atoms with Crippen LogP contribution in [0.5, 0.6) is 0 Å². The van der Waals surface area contributed by atoms with E-state index < -0.39 is 16.3 Å². The predicted molar refractivity (Wildman–Crippen MR) is 104 cm³/mol. The van der Waals surface area contributed by atoms with Crippen molar-refractivity contribution in [3.63, 3.8) is 0 Å². The van der Waals surface area contributed by atoms with Gasteiger partial charge < -0.3 is 5.32 Å². The van der Waals surface area contributed by atoms with Gasteiger partial charge in [0, 0.05) is 29.4 Å². The van der Waals surface area contributed by atoms with Crippen molar-refractivity contribution < 1.29 is 9.72 Å². The molecule has 0 aliphatic heterocycles. The van der Waals surface area contributed by atoms with Gasteiger partial charge in [-0.15, -0.1) is 0 Å². The molecule has 9 heteroatoms. The Morgan fingerprint density at radius 2 is 1.96 bits per heavy atom. The zero-order chi connectivity index (χ0) is 20.3. The molecule has 0 aliphatic carbocycles. The van der Waals surface area contributed by atoms with Crippen molar-refractivity contribution in [2.75, 3.05) is 0 Å². The molecule has 0 fully saturated rings. The number of carbonyl (C=O) groups is 1. The van der Waals surface area contributed by atoms with Gasteiger partial charge in [0.15, 0.2) is 5.69 Å². The van der Waals surface area contributed by atoms with E-state index in [2.05, 4.69) is 10.4 Å². The second-order valence-corrected chi connectivity index (χ2v) is 6.41. The Labute approximate surface area is 164 Å². The second-order valence-electron chi connectivity index (χ2n) is 5.97. The number of nitro groups is 1. The number of hydrogen-bond donors (Lipinski definition) is 1. The molecule has 28 heavy (non-hydrogen) atoms. The van der Waals surface area contributed by atoms with Gasteiger partial charge in [0.25, 0.3) is 11.6 Å². The number of benzene rings is 2. The number of rotatable bonds is 5. The van der Waals surface area contributed by atoms with Crippen molar-refractivity contribution in [3.05, 3.63) is 96.9 Å². The summed E-state index contributed by atoms with van der Waals surface area (Å²) in [6, 6.07) is 14.1. The lowest BCUT2D eigenvalue weighted by molar-refractivity contribution is -0.384. The first-order valence-corrected chi connectivity index (χ1v) is 8.62. The van der Waals surface area contributed by atoms with Crippen molar-refractivity contribution >= 4 is 23.2 Å². The van der Waals surface area contributed by atoms with E-state index >= 15 is 0 Å². The Hall–Kier alpha value is -3.52. The van der Waals surface area contributed by atoms with E-state index in [1.54, 1.807) is 37.3 Å². The number of aryl methyl sites for hydroxylation is 1. The maximum Gasteiger partial charge on any atom is 0.294 e. The van der Waals surface area contributed by atoms with Crippen LogP contribution >= 0.6 is 11.6 Å². The fraction of sp³-hybridized carbons (Fsp3) is 0.105. The molecule has 1 amide bonds. The van der Waals surface area contributed by atoms with Crippen LogP contribution in [0.2, 0.25) is 5.02 Å². The molecule has 0 atom stereocenters. The average molecular weight is 399 g/mol. The molecule has 0 spiro atoms. The van der Waals surface area contributed by atoms with Crippen LogP contribution in [0.3, 0.4) is 0 Å². The van der Waals surface area contributed by atoms with Gasteiger partial charge in [0.2, 0.25) is 5.43 Å². The van der Waals surface area contributed by atoms with E-state index in [4.69, 9.17) is 11.6 Å². The number of nitrogens with zero attached hydrogens (tertiary/aromatic N) is 3. The molecule has 1 aromatic heterocycles. The third kappa shape index (κ3) is 4.07. The first-order valence-electron chi connectivity index (χ1n) is 8.24. The fourth-order valence-electron chi connectivity index (χ4n) is 2.66. The van der Waals surface area contributed by atoms with Gasteiger partial charge in [0.1, 0.15) is 5.69 Å². The highest BCUT2D eigenvalue weighted by Gasteiger charge is 2.20. The number of carbonyl (C=O) groups excluding carboxylic acids is 1. The maximum absolute atomic E-state index is 12.5. The molecule has 1 N–H and O–H groups in total. The topological polar surface area (TPSA) is 107 Å². The normalized spacial score (nSPS) is 10.5. The number of aromatic nitrogens is 2. The molecular weight excluding hydrogens is 384 g/mol. The Bertz CT molecular complexity index is 1130. The number of para-hydroxylation sites is 2. The zero-order valence-electron chi connectivity index (χ0n) is 14.8. The number of halogens is 1. The van der Waals surface area contributed by atoms with Crippen LogP contribution in [0.25, 0.3) is 5.69 Å². The lowest BCUT2D eigenvalue weighted by atomic mass is 10.2. The molecule has 3 rings (SSSR count). The van der Waals surface area contributed by atoms with E-state index in [9.17, 15) is 19.7 Å². The highest BCUT2D eigenvalue weighted by Crippen LogP contribution is 2.22. The molecule has 0 saturated heterocycles. The minimum Gasteiger partial charge on any atom is -0.346 e.